The van der Waals surface area contributed by atoms with Crippen LogP contribution in [0.2, 0.25) is 0 Å². The average Bonchev–Trinajstić information content (AvgIpc) is 3.54. The lowest BCUT2D eigenvalue weighted by Gasteiger charge is -2.32. The van der Waals surface area contributed by atoms with Gasteiger partial charge in [0, 0.05) is 17.5 Å². The third-order valence-corrected chi connectivity index (χ3v) is 7.42. The largest absolute Gasteiger partial charge is 0.507 e. The van der Waals surface area contributed by atoms with Gasteiger partial charge in [0.2, 0.25) is 0 Å². The minimum Gasteiger partial charge on any atom is -0.507 e. The molecule has 2 saturated carbocycles. The minimum atomic E-state index is -0.403. The molecular formula is C24H28FN3O3. The molecule has 4 atom stereocenters. The molecule has 2 unspecified atom stereocenters. The molecule has 0 amide bonds. The van der Waals surface area contributed by atoms with Crippen molar-refractivity contribution in [1.29, 1.82) is 0 Å². The van der Waals surface area contributed by atoms with Crippen molar-refractivity contribution in [3.8, 4) is 17.0 Å². The molecule has 2 aromatic rings. The highest BCUT2D eigenvalue weighted by atomic mass is 19.1. The van der Waals surface area contributed by atoms with Crippen molar-refractivity contribution in [2.75, 3.05) is 5.32 Å². The number of phenolic OH excluding ortho intramolecular Hbond substituents is 1. The highest BCUT2D eigenvalue weighted by Gasteiger charge is 2.39. The number of fused-ring (bicyclic) bond motifs is 4. The van der Waals surface area contributed by atoms with Crippen molar-refractivity contribution in [1.82, 2.24) is 10.2 Å². The van der Waals surface area contributed by atoms with E-state index in [-0.39, 0.29) is 35.7 Å². The molecule has 31 heavy (non-hydrogen) atoms. The molecule has 0 radical (unpaired) electrons. The fraction of sp³-hybridized carbons (Fsp3) is 0.583. The molecule has 164 valence electrons. The molecule has 2 bridgehead atoms. The van der Waals surface area contributed by atoms with Gasteiger partial charge in [0.1, 0.15) is 17.3 Å². The Kier molecular flexibility index (Phi) is 4.65. The molecule has 3 N–H and O–H groups in total. The molecule has 1 aromatic heterocycles. The van der Waals surface area contributed by atoms with Crippen LogP contribution in [0, 0.1) is 5.82 Å². The number of aliphatic hydroxyl groups excluding tert-OH is 1. The van der Waals surface area contributed by atoms with Crippen LogP contribution in [-0.2, 0) is 11.2 Å². The molecule has 2 aliphatic carbocycles. The fourth-order valence-electron chi connectivity index (χ4n) is 5.59. The molecule has 2 aliphatic heterocycles. The second-order valence-corrected chi connectivity index (χ2v) is 9.59. The summed E-state index contributed by atoms with van der Waals surface area (Å²) in [5.41, 5.74) is 3.48. The van der Waals surface area contributed by atoms with Gasteiger partial charge in [-0.05, 0) is 67.7 Å². The summed E-state index contributed by atoms with van der Waals surface area (Å²) in [6.07, 6.45) is 7.91. The summed E-state index contributed by atoms with van der Waals surface area (Å²) >= 11 is 0. The summed E-state index contributed by atoms with van der Waals surface area (Å²) in [4.78, 5) is 0. The Labute approximate surface area is 180 Å². The number of aromatic hydroxyl groups is 1. The molecular weight excluding hydrogens is 397 g/mol. The second-order valence-electron chi connectivity index (χ2n) is 9.59. The van der Waals surface area contributed by atoms with Crippen LogP contribution in [0.3, 0.4) is 0 Å². The molecule has 4 aliphatic rings. The lowest BCUT2D eigenvalue weighted by atomic mass is 9.91. The van der Waals surface area contributed by atoms with Crippen LogP contribution in [0.15, 0.2) is 12.1 Å². The van der Waals surface area contributed by atoms with E-state index in [0.29, 0.717) is 29.1 Å². The Morgan fingerprint density at radius 2 is 1.87 bits per heavy atom. The van der Waals surface area contributed by atoms with Gasteiger partial charge < -0.3 is 20.3 Å². The zero-order valence-electron chi connectivity index (χ0n) is 17.5. The van der Waals surface area contributed by atoms with Gasteiger partial charge in [-0.2, -0.15) is 0 Å². The van der Waals surface area contributed by atoms with E-state index in [4.69, 9.17) is 4.74 Å². The van der Waals surface area contributed by atoms with Crippen molar-refractivity contribution in [3.05, 3.63) is 34.6 Å². The Morgan fingerprint density at radius 1 is 1.03 bits per heavy atom. The van der Waals surface area contributed by atoms with E-state index in [9.17, 15) is 14.6 Å². The lowest BCUT2D eigenvalue weighted by Crippen LogP contribution is -2.37. The number of nitrogens with zero attached hydrogens (tertiary/aromatic N) is 2. The first-order valence-corrected chi connectivity index (χ1v) is 11.6. The maximum Gasteiger partial charge on any atom is 0.155 e. The summed E-state index contributed by atoms with van der Waals surface area (Å²) in [7, 11) is 0. The zero-order valence-corrected chi connectivity index (χ0v) is 17.5. The van der Waals surface area contributed by atoms with Crippen LogP contribution in [0.4, 0.5) is 10.2 Å². The van der Waals surface area contributed by atoms with Gasteiger partial charge in [0.15, 0.2) is 5.82 Å². The first-order valence-electron chi connectivity index (χ1n) is 11.6. The van der Waals surface area contributed by atoms with Crippen LogP contribution in [0.5, 0.6) is 5.75 Å². The smallest absolute Gasteiger partial charge is 0.155 e. The summed E-state index contributed by atoms with van der Waals surface area (Å²) in [6, 6.07) is 2.93. The van der Waals surface area contributed by atoms with E-state index in [0.717, 1.165) is 62.5 Å². The minimum absolute atomic E-state index is 0.0548. The summed E-state index contributed by atoms with van der Waals surface area (Å²) in [5, 5.41) is 33.5. The number of hydrogen-bond donors (Lipinski definition) is 3. The van der Waals surface area contributed by atoms with E-state index in [1.165, 1.54) is 6.07 Å². The van der Waals surface area contributed by atoms with Crippen molar-refractivity contribution in [2.45, 2.75) is 88.1 Å². The predicted molar refractivity (Wildman–Crippen MR) is 114 cm³/mol. The van der Waals surface area contributed by atoms with Gasteiger partial charge in [-0.25, -0.2) is 4.39 Å². The monoisotopic (exact) mass is 425 g/mol. The van der Waals surface area contributed by atoms with Gasteiger partial charge in [-0.15, -0.1) is 10.2 Å². The number of benzene rings is 1. The third kappa shape index (κ3) is 3.38. The number of nitrogens with one attached hydrogen (secondary N) is 1. The van der Waals surface area contributed by atoms with Crippen molar-refractivity contribution >= 4 is 5.82 Å². The maximum atomic E-state index is 14.8. The molecule has 0 spiro atoms. The van der Waals surface area contributed by atoms with Gasteiger partial charge in [-0.3, -0.25) is 0 Å². The van der Waals surface area contributed by atoms with Gasteiger partial charge in [0.05, 0.1) is 24.4 Å². The van der Waals surface area contributed by atoms with Crippen LogP contribution in [-0.4, -0.2) is 38.7 Å². The number of ether oxygens (including phenoxy) is 1. The maximum absolute atomic E-state index is 14.8. The Hall–Kier alpha value is -2.25. The van der Waals surface area contributed by atoms with Crippen LogP contribution >= 0.6 is 0 Å². The molecule has 1 aromatic carbocycles. The van der Waals surface area contributed by atoms with E-state index < -0.39 is 6.10 Å². The number of anilines is 1. The van der Waals surface area contributed by atoms with E-state index in [2.05, 4.69) is 15.5 Å². The van der Waals surface area contributed by atoms with Crippen molar-refractivity contribution in [3.63, 3.8) is 0 Å². The number of aromatic nitrogens is 2. The molecule has 1 saturated heterocycles. The number of hydrogen-bond acceptors (Lipinski definition) is 6. The summed E-state index contributed by atoms with van der Waals surface area (Å²) < 4.78 is 21.0. The van der Waals surface area contributed by atoms with Gasteiger partial charge in [0.25, 0.3) is 0 Å². The first-order chi connectivity index (χ1) is 15.1. The normalized spacial score (nSPS) is 29.6. The van der Waals surface area contributed by atoms with E-state index >= 15 is 0 Å². The Morgan fingerprint density at radius 3 is 2.68 bits per heavy atom. The van der Waals surface area contributed by atoms with Crippen LogP contribution < -0.4 is 5.32 Å². The molecule has 3 heterocycles. The fourth-order valence-corrected chi connectivity index (χ4v) is 5.59. The Balaban J connectivity index is 1.43. The standard InChI is InChI=1S/C24H28FN3O3/c25-17-10-15(20(30)11-14(17)12-5-6-12)23-16-9-13-7-8-21(31-13)22(16)24(28-27-23)26-18-3-1-2-4-19(18)29/h10-13,18-19,21,29-30H,1-9H2,(H,26,28)/t13?,18-,19-,21?/m1/s1. The second kappa shape index (κ2) is 7.41. The van der Waals surface area contributed by atoms with E-state index in [1.54, 1.807) is 6.07 Å². The molecule has 6 nitrogen and oxygen atoms in total. The number of halogens is 1. The molecule has 6 rings (SSSR count). The van der Waals surface area contributed by atoms with Crippen LogP contribution in [0.1, 0.15) is 80.1 Å². The first kappa shape index (κ1) is 19.4. The quantitative estimate of drug-likeness (QED) is 0.675. The van der Waals surface area contributed by atoms with Crippen molar-refractivity contribution in [2.24, 2.45) is 0 Å². The number of rotatable bonds is 4. The summed E-state index contributed by atoms with van der Waals surface area (Å²) in [6.45, 7) is 0. The average molecular weight is 426 g/mol. The highest BCUT2D eigenvalue weighted by molar-refractivity contribution is 5.74. The Bertz CT molecular complexity index is 1030. The summed E-state index contributed by atoms with van der Waals surface area (Å²) in [5.74, 6) is 0.651. The SMILES string of the molecule is Oc1cc(C2CC2)c(F)cc1-c1nnc(N[C@@H]2CCCC[C@H]2O)c2c1CC1CCC2O1. The number of aliphatic hydroxyl groups is 1. The molecule has 3 fully saturated rings. The highest BCUT2D eigenvalue weighted by Crippen LogP contribution is 2.49. The van der Waals surface area contributed by atoms with Crippen LogP contribution in [0.25, 0.3) is 11.3 Å². The van der Waals surface area contributed by atoms with E-state index in [1.807, 2.05) is 0 Å². The molecule has 7 heteroatoms. The van der Waals surface area contributed by atoms with Gasteiger partial charge in [-0.1, -0.05) is 12.8 Å². The third-order valence-electron chi connectivity index (χ3n) is 7.42. The van der Waals surface area contributed by atoms with Crippen molar-refractivity contribution < 1.29 is 19.3 Å². The van der Waals surface area contributed by atoms with Gasteiger partial charge >= 0.3 is 0 Å². The topological polar surface area (TPSA) is 87.5 Å². The lowest BCUT2D eigenvalue weighted by molar-refractivity contribution is 0.0324. The number of phenols is 1. The predicted octanol–water partition coefficient (Wildman–Crippen LogP) is 4.36. The zero-order chi connectivity index (χ0) is 21.1.